The van der Waals surface area contributed by atoms with Crippen LogP contribution in [0, 0.1) is 13.8 Å². The molecule has 2 aromatic rings. The monoisotopic (exact) mass is 506 g/mol. The lowest BCUT2D eigenvalue weighted by Gasteiger charge is -2.32. The highest BCUT2D eigenvalue weighted by Crippen LogP contribution is 2.51. The first kappa shape index (κ1) is 26.7. The molecule has 0 aliphatic rings. The van der Waals surface area contributed by atoms with E-state index < -0.39 is 56.0 Å². The summed E-state index contributed by atoms with van der Waals surface area (Å²) in [5, 5.41) is -6.68. The second-order valence-electron chi connectivity index (χ2n) is 6.93. The molecular weight excluding hydrogens is 492 g/mol. The second-order valence-corrected chi connectivity index (χ2v) is 8.39. The first-order valence-corrected chi connectivity index (χ1v) is 10.1. The van der Waals surface area contributed by atoms with E-state index in [1.807, 2.05) is 0 Å². The molecule has 5 nitrogen and oxygen atoms in total. The summed E-state index contributed by atoms with van der Waals surface area (Å²) in [7, 11) is -7.03. The number of ether oxygens (including phenoxy) is 1. The van der Waals surface area contributed by atoms with Gasteiger partial charge < -0.3 is 0 Å². The molecule has 2 rings (SSSR count). The van der Waals surface area contributed by atoms with Crippen LogP contribution in [0.2, 0.25) is 0 Å². The Hall–Kier alpha value is -2.58. The normalized spacial score (nSPS) is 13.8. The second kappa shape index (κ2) is 8.33. The van der Waals surface area contributed by atoms with E-state index in [-0.39, 0.29) is 11.6 Å². The maximum absolute atomic E-state index is 14.5. The number of carbonyl (C=O) groups excluding carboxylic acids is 1. The van der Waals surface area contributed by atoms with Crippen LogP contribution in [0.4, 0.5) is 35.1 Å². The van der Waals surface area contributed by atoms with Crippen LogP contribution in [-0.4, -0.2) is 36.2 Å². The van der Waals surface area contributed by atoms with Gasteiger partial charge in [0, 0.05) is 16.7 Å². The molecule has 14 heteroatoms. The van der Waals surface area contributed by atoms with E-state index in [0.717, 1.165) is 24.6 Å². The highest BCUT2D eigenvalue weighted by atomic mass is 32.2. The van der Waals surface area contributed by atoms with Crippen molar-refractivity contribution in [2.75, 3.05) is 0 Å². The van der Waals surface area contributed by atoms with Crippen LogP contribution in [0.15, 0.2) is 42.5 Å². The molecule has 33 heavy (non-hydrogen) atoms. The fraction of sp³-hybridized carbons (Fsp3) is 0.316. The number of aryl methyl sites for hydroxylation is 2. The van der Waals surface area contributed by atoms with Crippen molar-refractivity contribution in [2.45, 2.75) is 37.2 Å². The molecule has 0 atom stereocenters. The summed E-state index contributed by atoms with van der Waals surface area (Å²) in [5.41, 5.74) is -2.24. The van der Waals surface area contributed by atoms with E-state index >= 15 is 0 Å². The SMILES string of the molecule is Cc1ccc(C(=O)c2ccc(C)c(C(F)(F)C(F)(F)OC(F)(F)C(F)(F)S(=O)(=O)O)c2)cc1. The first-order valence-electron chi connectivity index (χ1n) is 8.65. The molecule has 0 bridgehead atoms. The fourth-order valence-electron chi connectivity index (χ4n) is 2.56. The Labute approximate surface area is 181 Å². The van der Waals surface area contributed by atoms with Crippen molar-refractivity contribution in [1.29, 1.82) is 0 Å². The van der Waals surface area contributed by atoms with Gasteiger partial charge in [0.15, 0.2) is 5.78 Å². The lowest BCUT2D eigenvalue weighted by atomic mass is 9.95. The molecule has 182 valence electrons. The molecule has 0 heterocycles. The number of hydrogen-bond donors (Lipinski definition) is 1. The molecule has 0 fully saturated rings. The molecule has 0 saturated carbocycles. The van der Waals surface area contributed by atoms with Crippen LogP contribution in [0.3, 0.4) is 0 Å². The molecular formula is C19H14F8O5S. The minimum Gasteiger partial charge on any atom is -0.289 e. The van der Waals surface area contributed by atoms with Gasteiger partial charge >= 0.3 is 33.5 Å². The number of hydrogen-bond acceptors (Lipinski definition) is 4. The van der Waals surface area contributed by atoms with E-state index in [1.165, 1.54) is 24.3 Å². The summed E-state index contributed by atoms with van der Waals surface area (Å²) in [6.45, 7) is 2.52. The summed E-state index contributed by atoms with van der Waals surface area (Å²) >= 11 is 0. The van der Waals surface area contributed by atoms with E-state index in [4.69, 9.17) is 4.55 Å². The van der Waals surface area contributed by atoms with Gasteiger partial charge in [0.1, 0.15) is 0 Å². The lowest BCUT2D eigenvalue weighted by molar-refractivity contribution is -0.459. The third-order valence-corrected chi connectivity index (χ3v) is 5.32. The molecule has 0 radical (unpaired) electrons. The standard InChI is InChI=1S/C19H14F8O5S/c1-10-3-6-12(7-4-10)15(28)13-8-5-11(2)14(9-13)16(20,21)17(22,23)32-18(24,25)19(26,27)33(29,30)31/h3-9H,1-2H3,(H,29,30,31). The molecule has 2 aromatic carbocycles. The maximum Gasteiger partial charge on any atom is 0.460 e. The van der Waals surface area contributed by atoms with Crippen molar-refractivity contribution in [2.24, 2.45) is 0 Å². The fourth-order valence-corrected chi connectivity index (χ4v) is 2.91. The average molecular weight is 506 g/mol. The molecule has 0 unspecified atom stereocenters. The minimum atomic E-state index is -7.03. The van der Waals surface area contributed by atoms with Gasteiger partial charge in [-0.1, -0.05) is 42.0 Å². The predicted molar refractivity (Wildman–Crippen MR) is 97.2 cm³/mol. The van der Waals surface area contributed by atoms with Crippen LogP contribution < -0.4 is 0 Å². The average Bonchev–Trinajstić information content (AvgIpc) is 2.66. The van der Waals surface area contributed by atoms with Crippen molar-refractivity contribution < 1.29 is 57.6 Å². The Morgan fingerprint density at radius 3 is 1.79 bits per heavy atom. The van der Waals surface area contributed by atoms with E-state index in [2.05, 4.69) is 4.74 Å². The van der Waals surface area contributed by atoms with Crippen molar-refractivity contribution in [3.8, 4) is 0 Å². The summed E-state index contributed by atoms with van der Waals surface area (Å²) < 4.78 is 142. The summed E-state index contributed by atoms with van der Waals surface area (Å²) in [4.78, 5) is 12.5. The highest BCUT2D eigenvalue weighted by molar-refractivity contribution is 7.86. The number of halogens is 8. The van der Waals surface area contributed by atoms with Crippen molar-refractivity contribution in [1.82, 2.24) is 0 Å². The van der Waals surface area contributed by atoms with Gasteiger partial charge in [-0.15, -0.1) is 0 Å². The number of carbonyl (C=O) groups is 1. The highest BCUT2D eigenvalue weighted by Gasteiger charge is 2.74. The van der Waals surface area contributed by atoms with Crippen LogP contribution >= 0.6 is 0 Å². The van der Waals surface area contributed by atoms with Crippen molar-refractivity contribution in [3.63, 3.8) is 0 Å². The van der Waals surface area contributed by atoms with Crippen LogP contribution in [0.5, 0.6) is 0 Å². The Kier molecular flexibility index (Phi) is 6.73. The van der Waals surface area contributed by atoms with Crippen LogP contribution in [-0.2, 0) is 20.8 Å². The zero-order chi connectivity index (χ0) is 25.6. The Morgan fingerprint density at radius 1 is 0.818 bits per heavy atom. The molecule has 0 spiro atoms. The zero-order valence-electron chi connectivity index (χ0n) is 16.6. The van der Waals surface area contributed by atoms with Crippen LogP contribution in [0.25, 0.3) is 0 Å². The third kappa shape index (κ3) is 4.87. The van der Waals surface area contributed by atoms with Gasteiger partial charge in [0.05, 0.1) is 0 Å². The van der Waals surface area contributed by atoms with Gasteiger partial charge in [0.2, 0.25) is 0 Å². The molecule has 0 saturated heterocycles. The van der Waals surface area contributed by atoms with Gasteiger partial charge in [-0.05, 0) is 25.5 Å². The topological polar surface area (TPSA) is 80.7 Å². The first-order chi connectivity index (χ1) is 14.7. The maximum atomic E-state index is 14.5. The smallest absolute Gasteiger partial charge is 0.289 e. The Morgan fingerprint density at radius 2 is 1.30 bits per heavy atom. The van der Waals surface area contributed by atoms with Gasteiger partial charge in [-0.25, -0.2) is 4.74 Å². The quantitative estimate of drug-likeness (QED) is 0.298. The minimum absolute atomic E-state index is 0.0268. The van der Waals surface area contributed by atoms with Crippen molar-refractivity contribution >= 4 is 15.9 Å². The number of ketones is 1. The van der Waals surface area contributed by atoms with Gasteiger partial charge in [-0.3, -0.25) is 9.35 Å². The van der Waals surface area contributed by atoms with Crippen molar-refractivity contribution in [3.05, 3.63) is 70.3 Å². The zero-order valence-corrected chi connectivity index (χ0v) is 17.4. The number of alkyl halides is 8. The Bertz CT molecular complexity index is 1160. The van der Waals surface area contributed by atoms with E-state index in [9.17, 15) is 48.3 Å². The molecule has 0 amide bonds. The van der Waals surface area contributed by atoms with Crippen LogP contribution in [0.1, 0.15) is 32.6 Å². The summed E-state index contributed by atoms with van der Waals surface area (Å²) in [5.74, 6) is -6.65. The van der Waals surface area contributed by atoms with E-state index in [1.54, 1.807) is 6.92 Å². The van der Waals surface area contributed by atoms with Gasteiger partial charge in [-0.2, -0.15) is 43.5 Å². The number of rotatable bonds is 8. The largest absolute Gasteiger partial charge is 0.460 e. The molecule has 0 aliphatic carbocycles. The van der Waals surface area contributed by atoms with E-state index in [0.29, 0.717) is 0 Å². The molecule has 1 N–H and O–H groups in total. The number of benzene rings is 2. The van der Waals surface area contributed by atoms with Gasteiger partial charge in [0.25, 0.3) is 0 Å². The molecule has 0 aromatic heterocycles. The summed E-state index contributed by atoms with van der Waals surface area (Å²) in [6, 6.07) is 7.62. The third-order valence-electron chi connectivity index (χ3n) is 4.44. The molecule has 0 aliphatic heterocycles. The Balaban J connectivity index is 2.50. The lowest BCUT2D eigenvalue weighted by Crippen LogP contribution is -2.55. The predicted octanol–water partition coefficient (Wildman–Crippen LogP) is 5.31. The summed E-state index contributed by atoms with van der Waals surface area (Å²) in [6.07, 6.45) is -13.2.